The summed E-state index contributed by atoms with van der Waals surface area (Å²) < 4.78 is 5.35. The van der Waals surface area contributed by atoms with E-state index in [1.54, 1.807) is 12.1 Å². The molecule has 2 unspecified atom stereocenters. The molecule has 0 saturated heterocycles. The van der Waals surface area contributed by atoms with Crippen molar-refractivity contribution in [3.8, 4) is 0 Å². The number of ether oxygens (including phenoxy) is 1. The van der Waals surface area contributed by atoms with Gasteiger partial charge in [0.2, 0.25) is 5.91 Å². The van der Waals surface area contributed by atoms with E-state index in [2.05, 4.69) is 5.32 Å². The number of benzene rings is 2. The van der Waals surface area contributed by atoms with Gasteiger partial charge in [0.25, 0.3) is 17.7 Å². The fraction of sp³-hybridized carbons (Fsp3) is 0.292. The van der Waals surface area contributed by atoms with Crippen molar-refractivity contribution in [3.63, 3.8) is 0 Å². The minimum Gasteiger partial charge on any atom is -0.451 e. The van der Waals surface area contributed by atoms with Gasteiger partial charge in [-0.15, -0.1) is 0 Å². The number of anilines is 1. The van der Waals surface area contributed by atoms with Gasteiger partial charge in [0.15, 0.2) is 6.10 Å². The van der Waals surface area contributed by atoms with Crippen LogP contribution in [0.4, 0.5) is 5.69 Å². The van der Waals surface area contributed by atoms with Crippen molar-refractivity contribution in [1.82, 2.24) is 4.90 Å². The van der Waals surface area contributed by atoms with Gasteiger partial charge >= 0.3 is 5.97 Å². The summed E-state index contributed by atoms with van der Waals surface area (Å²) >= 11 is 0. The monoisotopic (exact) mass is 451 g/mol. The Bertz CT molecular complexity index is 1070. The third-order valence-electron chi connectivity index (χ3n) is 5.20. The van der Waals surface area contributed by atoms with Crippen molar-refractivity contribution in [2.24, 2.45) is 11.7 Å². The first-order valence-electron chi connectivity index (χ1n) is 10.5. The summed E-state index contributed by atoms with van der Waals surface area (Å²) in [5.74, 6) is -3.21. The molecule has 33 heavy (non-hydrogen) atoms. The van der Waals surface area contributed by atoms with Gasteiger partial charge in [0, 0.05) is 11.3 Å². The molecule has 172 valence electrons. The number of fused-ring (bicyclic) bond motifs is 1. The standard InChI is InChI=1S/C24H25N3O6/c1-13(2)12-19(27-22(30)17-6-4-5-7-18(17)23(27)31)24(32)33-14(3)21(29)26-16-10-8-15(9-11-16)20(25)28/h4-11,13-14,19H,12H2,1-3H3,(H2,25,28)(H,26,29). The first-order chi connectivity index (χ1) is 15.6. The van der Waals surface area contributed by atoms with Crippen LogP contribution in [0.3, 0.4) is 0 Å². The lowest BCUT2D eigenvalue weighted by atomic mass is 10.0. The van der Waals surface area contributed by atoms with Crippen LogP contribution in [-0.2, 0) is 14.3 Å². The summed E-state index contributed by atoms with van der Waals surface area (Å²) in [4.78, 5) is 63.3. The Hall–Kier alpha value is -4.01. The second-order valence-electron chi connectivity index (χ2n) is 8.18. The zero-order chi connectivity index (χ0) is 24.3. The van der Waals surface area contributed by atoms with Crippen molar-refractivity contribution in [3.05, 3.63) is 65.2 Å². The van der Waals surface area contributed by atoms with Crippen LogP contribution in [0.2, 0.25) is 0 Å². The van der Waals surface area contributed by atoms with E-state index >= 15 is 0 Å². The molecule has 0 radical (unpaired) electrons. The second kappa shape index (κ2) is 9.64. The zero-order valence-electron chi connectivity index (χ0n) is 18.5. The highest BCUT2D eigenvalue weighted by Crippen LogP contribution is 2.27. The molecule has 3 N–H and O–H groups in total. The predicted octanol–water partition coefficient (Wildman–Crippen LogP) is 2.37. The van der Waals surface area contributed by atoms with Crippen LogP contribution in [0, 0.1) is 5.92 Å². The first-order valence-corrected chi connectivity index (χ1v) is 10.5. The number of hydrogen-bond donors (Lipinski definition) is 2. The van der Waals surface area contributed by atoms with E-state index in [1.165, 1.54) is 43.3 Å². The molecule has 1 aliphatic heterocycles. The van der Waals surface area contributed by atoms with Gasteiger partial charge < -0.3 is 15.8 Å². The highest BCUT2D eigenvalue weighted by atomic mass is 16.5. The van der Waals surface area contributed by atoms with Gasteiger partial charge in [0.1, 0.15) is 6.04 Å². The van der Waals surface area contributed by atoms with Crippen LogP contribution >= 0.6 is 0 Å². The molecule has 9 nitrogen and oxygen atoms in total. The van der Waals surface area contributed by atoms with E-state index in [4.69, 9.17) is 10.5 Å². The normalized spacial score (nSPS) is 14.6. The lowest BCUT2D eigenvalue weighted by molar-refractivity contribution is -0.157. The Morgan fingerprint density at radius 3 is 1.97 bits per heavy atom. The molecule has 4 amide bonds. The van der Waals surface area contributed by atoms with E-state index in [0.29, 0.717) is 5.69 Å². The Balaban J connectivity index is 1.72. The molecular formula is C24H25N3O6. The smallest absolute Gasteiger partial charge is 0.330 e. The van der Waals surface area contributed by atoms with Crippen molar-refractivity contribution < 1.29 is 28.7 Å². The van der Waals surface area contributed by atoms with Crippen LogP contribution < -0.4 is 11.1 Å². The Kier molecular flexibility index (Phi) is 6.91. The summed E-state index contributed by atoms with van der Waals surface area (Å²) in [6.07, 6.45) is -1.01. The van der Waals surface area contributed by atoms with E-state index in [1.807, 2.05) is 13.8 Å². The maximum Gasteiger partial charge on any atom is 0.330 e. The Morgan fingerprint density at radius 2 is 1.48 bits per heavy atom. The van der Waals surface area contributed by atoms with E-state index < -0.39 is 41.7 Å². The highest BCUT2D eigenvalue weighted by Gasteiger charge is 2.44. The van der Waals surface area contributed by atoms with Crippen molar-refractivity contribution >= 4 is 35.3 Å². The summed E-state index contributed by atoms with van der Waals surface area (Å²) in [6, 6.07) is 11.1. The van der Waals surface area contributed by atoms with Gasteiger partial charge in [0.05, 0.1) is 11.1 Å². The van der Waals surface area contributed by atoms with Crippen LogP contribution in [0.15, 0.2) is 48.5 Å². The zero-order valence-corrected chi connectivity index (χ0v) is 18.5. The summed E-state index contributed by atoms with van der Waals surface area (Å²) in [5, 5.41) is 2.58. The number of nitrogens with two attached hydrogens (primary N) is 1. The molecule has 3 rings (SSSR count). The van der Waals surface area contributed by atoms with Crippen molar-refractivity contribution in [2.45, 2.75) is 39.3 Å². The number of imide groups is 1. The molecule has 9 heteroatoms. The van der Waals surface area contributed by atoms with Gasteiger partial charge in [-0.1, -0.05) is 26.0 Å². The third kappa shape index (κ3) is 5.08. The lowest BCUT2D eigenvalue weighted by Crippen LogP contribution is -2.48. The minimum absolute atomic E-state index is 0.0280. The van der Waals surface area contributed by atoms with E-state index in [-0.39, 0.29) is 29.0 Å². The predicted molar refractivity (Wildman–Crippen MR) is 119 cm³/mol. The molecule has 0 saturated carbocycles. The first kappa shape index (κ1) is 23.6. The number of carbonyl (C=O) groups is 5. The fourth-order valence-electron chi connectivity index (χ4n) is 3.51. The molecule has 0 aromatic heterocycles. The maximum atomic E-state index is 13.0. The molecule has 0 spiro atoms. The molecule has 1 heterocycles. The van der Waals surface area contributed by atoms with E-state index in [0.717, 1.165) is 4.90 Å². The van der Waals surface area contributed by atoms with Crippen LogP contribution in [0.25, 0.3) is 0 Å². The maximum absolute atomic E-state index is 13.0. The summed E-state index contributed by atoms with van der Waals surface area (Å²) in [6.45, 7) is 5.09. The summed E-state index contributed by atoms with van der Waals surface area (Å²) in [7, 11) is 0. The average Bonchev–Trinajstić information content (AvgIpc) is 3.02. The fourth-order valence-corrected chi connectivity index (χ4v) is 3.51. The SMILES string of the molecule is CC(C)CC(C(=O)OC(C)C(=O)Nc1ccc(C(N)=O)cc1)N1C(=O)c2ccccc2C1=O. The number of rotatable bonds is 8. The van der Waals surface area contributed by atoms with Crippen molar-refractivity contribution in [2.75, 3.05) is 5.32 Å². The molecule has 0 bridgehead atoms. The number of nitrogens with one attached hydrogen (secondary N) is 1. The molecule has 1 aliphatic rings. The number of amides is 4. The number of esters is 1. The number of hydrogen-bond acceptors (Lipinski definition) is 6. The highest BCUT2D eigenvalue weighted by molar-refractivity contribution is 6.22. The lowest BCUT2D eigenvalue weighted by Gasteiger charge is -2.27. The number of primary amides is 1. The molecular weight excluding hydrogens is 426 g/mol. The number of carbonyl (C=O) groups excluding carboxylic acids is 5. The Labute approximate surface area is 190 Å². The molecule has 2 aromatic carbocycles. The molecule has 0 aliphatic carbocycles. The topological polar surface area (TPSA) is 136 Å². The van der Waals surface area contributed by atoms with Gasteiger partial charge in [-0.25, -0.2) is 4.79 Å². The quantitative estimate of drug-likeness (QED) is 0.467. The molecule has 0 fully saturated rings. The van der Waals surface area contributed by atoms with Gasteiger partial charge in [-0.2, -0.15) is 0 Å². The van der Waals surface area contributed by atoms with Gasteiger partial charge in [-0.3, -0.25) is 24.1 Å². The number of nitrogens with zero attached hydrogens (tertiary/aromatic N) is 1. The summed E-state index contributed by atoms with van der Waals surface area (Å²) in [5.41, 5.74) is 6.32. The average molecular weight is 451 g/mol. The minimum atomic E-state index is -1.20. The van der Waals surface area contributed by atoms with Crippen molar-refractivity contribution in [1.29, 1.82) is 0 Å². The van der Waals surface area contributed by atoms with Gasteiger partial charge in [-0.05, 0) is 55.7 Å². The molecule has 2 atom stereocenters. The Morgan fingerprint density at radius 1 is 0.939 bits per heavy atom. The largest absolute Gasteiger partial charge is 0.451 e. The van der Waals surface area contributed by atoms with E-state index in [9.17, 15) is 24.0 Å². The molecule has 2 aromatic rings. The second-order valence-corrected chi connectivity index (χ2v) is 8.18. The van der Waals surface area contributed by atoms with Crippen LogP contribution in [0.1, 0.15) is 58.3 Å². The van der Waals surface area contributed by atoms with Crippen LogP contribution in [0.5, 0.6) is 0 Å². The third-order valence-corrected chi connectivity index (χ3v) is 5.20. The van der Waals surface area contributed by atoms with Crippen LogP contribution in [-0.4, -0.2) is 46.6 Å².